The second kappa shape index (κ2) is 6.86. The maximum atomic E-state index is 11.9. The van der Waals surface area contributed by atoms with Crippen molar-refractivity contribution >= 4 is 29.4 Å². The van der Waals surface area contributed by atoms with Crippen molar-refractivity contribution in [3.8, 4) is 0 Å². The van der Waals surface area contributed by atoms with E-state index in [0.29, 0.717) is 17.2 Å². The van der Waals surface area contributed by atoms with Crippen LogP contribution >= 0.6 is 12.2 Å². The van der Waals surface area contributed by atoms with Crippen LogP contribution < -0.4 is 10.6 Å². The first-order valence-electron chi connectivity index (χ1n) is 6.30. The molecule has 2 N–H and O–H groups in total. The smallest absolute Gasteiger partial charge is 0.337 e. The Balaban J connectivity index is 1.85. The van der Waals surface area contributed by atoms with Gasteiger partial charge in [-0.25, -0.2) is 4.79 Å². The molecule has 0 amide bonds. The van der Waals surface area contributed by atoms with E-state index in [-0.39, 0.29) is 12.6 Å². The number of carbonyl (C=O) groups is 1. The van der Waals surface area contributed by atoms with Gasteiger partial charge in [0.2, 0.25) is 0 Å². The standard InChI is InChI=1S/C15H16N2O2S/c1-11-13(10-16-15(20)17-11)14(18)19-9-5-8-12-6-3-2-4-7-12/h2-8H,9-10H2,1H3,(H2,16,17,20)/b8-5+. The van der Waals surface area contributed by atoms with E-state index >= 15 is 0 Å². The molecule has 5 heteroatoms. The summed E-state index contributed by atoms with van der Waals surface area (Å²) < 4.78 is 5.20. The maximum Gasteiger partial charge on any atom is 0.337 e. The van der Waals surface area contributed by atoms with E-state index in [0.717, 1.165) is 11.3 Å². The highest BCUT2D eigenvalue weighted by Gasteiger charge is 2.18. The van der Waals surface area contributed by atoms with E-state index in [1.807, 2.05) is 49.4 Å². The van der Waals surface area contributed by atoms with Gasteiger partial charge in [0.25, 0.3) is 0 Å². The van der Waals surface area contributed by atoms with Gasteiger partial charge in [-0.3, -0.25) is 0 Å². The van der Waals surface area contributed by atoms with Crippen LogP contribution in [0.3, 0.4) is 0 Å². The Morgan fingerprint density at radius 3 is 2.85 bits per heavy atom. The molecule has 0 bridgehead atoms. The largest absolute Gasteiger partial charge is 0.458 e. The molecular formula is C15H16N2O2S. The SMILES string of the molecule is CC1=C(C(=O)OC/C=C/c2ccccc2)CNC(=S)N1. The molecule has 0 saturated carbocycles. The van der Waals surface area contributed by atoms with Gasteiger partial charge in [0, 0.05) is 5.70 Å². The molecule has 1 aliphatic heterocycles. The first-order valence-corrected chi connectivity index (χ1v) is 6.71. The summed E-state index contributed by atoms with van der Waals surface area (Å²) in [6, 6.07) is 9.85. The van der Waals surface area contributed by atoms with E-state index in [9.17, 15) is 4.79 Å². The highest BCUT2D eigenvalue weighted by molar-refractivity contribution is 7.80. The molecule has 0 aliphatic carbocycles. The van der Waals surface area contributed by atoms with Gasteiger partial charge in [-0.2, -0.15) is 0 Å². The van der Waals surface area contributed by atoms with Crippen molar-refractivity contribution in [2.24, 2.45) is 0 Å². The van der Waals surface area contributed by atoms with Crippen LogP contribution in [0, 0.1) is 0 Å². The lowest BCUT2D eigenvalue weighted by atomic mass is 10.2. The molecule has 1 aliphatic rings. The Labute approximate surface area is 123 Å². The van der Waals surface area contributed by atoms with E-state index in [1.165, 1.54) is 0 Å². The van der Waals surface area contributed by atoms with E-state index in [2.05, 4.69) is 10.6 Å². The number of rotatable bonds is 4. The van der Waals surface area contributed by atoms with Gasteiger partial charge >= 0.3 is 5.97 Å². The average molecular weight is 288 g/mol. The minimum absolute atomic E-state index is 0.245. The quantitative estimate of drug-likeness (QED) is 0.655. The molecule has 104 valence electrons. The fourth-order valence-corrected chi connectivity index (χ4v) is 2.00. The number of carbonyl (C=O) groups excluding carboxylic acids is 1. The molecular weight excluding hydrogens is 272 g/mol. The Morgan fingerprint density at radius 2 is 2.15 bits per heavy atom. The third-order valence-corrected chi connectivity index (χ3v) is 3.09. The third kappa shape index (κ3) is 3.93. The van der Waals surface area contributed by atoms with Gasteiger partial charge in [0.05, 0.1) is 12.1 Å². The first kappa shape index (κ1) is 14.3. The van der Waals surface area contributed by atoms with Crippen molar-refractivity contribution in [2.45, 2.75) is 6.92 Å². The van der Waals surface area contributed by atoms with Crippen LogP contribution in [0.25, 0.3) is 6.08 Å². The molecule has 0 radical (unpaired) electrons. The maximum absolute atomic E-state index is 11.9. The number of hydrogen-bond donors (Lipinski definition) is 2. The van der Waals surface area contributed by atoms with Gasteiger partial charge in [0.15, 0.2) is 5.11 Å². The highest BCUT2D eigenvalue weighted by atomic mass is 32.1. The summed E-state index contributed by atoms with van der Waals surface area (Å²) in [5.41, 5.74) is 2.39. The minimum atomic E-state index is -0.331. The molecule has 0 fully saturated rings. The monoisotopic (exact) mass is 288 g/mol. The summed E-state index contributed by atoms with van der Waals surface area (Å²) in [6.07, 6.45) is 3.73. The molecule has 1 heterocycles. The fourth-order valence-electron chi connectivity index (χ4n) is 1.78. The number of benzene rings is 1. The summed E-state index contributed by atoms with van der Waals surface area (Å²) >= 11 is 4.96. The zero-order valence-corrected chi connectivity index (χ0v) is 12.0. The van der Waals surface area contributed by atoms with Gasteiger partial charge < -0.3 is 15.4 Å². The topological polar surface area (TPSA) is 50.4 Å². The van der Waals surface area contributed by atoms with E-state index < -0.39 is 0 Å². The van der Waals surface area contributed by atoms with Crippen molar-refractivity contribution < 1.29 is 9.53 Å². The number of nitrogens with one attached hydrogen (secondary N) is 2. The number of esters is 1. The van der Waals surface area contributed by atoms with Crippen LogP contribution in [0.5, 0.6) is 0 Å². The van der Waals surface area contributed by atoms with Gasteiger partial charge in [0.1, 0.15) is 6.61 Å². The zero-order chi connectivity index (χ0) is 14.4. The van der Waals surface area contributed by atoms with Crippen LogP contribution in [0.1, 0.15) is 12.5 Å². The summed E-state index contributed by atoms with van der Waals surface area (Å²) in [6.45, 7) is 2.46. The second-order valence-corrected chi connectivity index (χ2v) is 4.73. The Bertz CT molecular complexity index is 564. The number of allylic oxidation sites excluding steroid dienone is 1. The van der Waals surface area contributed by atoms with Gasteiger partial charge in [-0.05, 0) is 30.8 Å². The lowest BCUT2D eigenvalue weighted by molar-refractivity contribution is -0.137. The van der Waals surface area contributed by atoms with Crippen molar-refractivity contribution in [1.82, 2.24) is 10.6 Å². The van der Waals surface area contributed by atoms with Crippen LogP contribution in [0.4, 0.5) is 0 Å². The molecule has 0 atom stereocenters. The second-order valence-electron chi connectivity index (χ2n) is 4.32. The molecule has 4 nitrogen and oxygen atoms in total. The molecule has 20 heavy (non-hydrogen) atoms. The molecule has 0 unspecified atom stereocenters. The Kier molecular flexibility index (Phi) is 4.90. The zero-order valence-electron chi connectivity index (χ0n) is 11.2. The molecule has 0 spiro atoms. The third-order valence-electron chi connectivity index (χ3n) is 2.85. The molecule has 1 aromatic rings. The number of hydrogen-bond acceptors (Lipinski definition) is 3. The average Bonchev–Trinajstić information content (AvgIpc) is 2.44. The fraction of sp³-hybridized carbons (Fsp3) is 0.200. The van der Waals surface area contributed by atoms with Crippen molar-refractivity contribution in [1.29, 1.82) is 0 Å². The van der Waals surface area contributed by atoms with Crippen molar-refractivity contribution in [2.75, 3.05) is 13.2 Å². The number of thiocarbonyl (C=S) groups is 1. The summed E-state index contributed by atoms with van der Waals surface area (Å²) in [7, 11) is 0. The van der Waals surface area contributed by atoms with Crippen LogP contribution in [0.2, 0.25) is 0 Å². The van der Waals surface area contributed by atoms with Crippen molar-refractivity contribution in [3.05, 3.63) is 53.2 Å². The normalized spacial score (nSPS) is 14.9. The minimum Gasteiger partial charge on any atom is -0.458 e. The lowest BCUT2D eigenvalue weighted by Crippen LogP contribution is -2.42. The summed E-state index contributed by atoms with van der Waals surface area (Å²) in [5.74, 6) is -0.331. The first-order chi connectivity index (χ1) is 9.66. The predicted molar refractivity (Wildman–Crippen MR) is 82.9 cm³/mol. The Morgan fingerprint density at radius 1 is 1.40 bits per heavy atom. The highest BCUT2D eigenvalue weighted by Crippen LogP contribution is 2.07. The van der Waals surface area contributed by atoms with Gasteiger partial charge in [-0.1, -0.05) is 36.4 Å². The predicted octanol–water partition coefficient (Wildman–Crippen LogP) is 1.99. The van der Waals surface area contributed by atoms with E-state index in [1.54, 1.807) is 0 Å². The molecule has 0 saturated heterocycles. The van der Waals surface area contributed by atoms with Crippen LogP contribution in [0.15, 0.2) is 47.7 Å². The Hall–Kier alpha value is -2.14. The summed E-state index contributed by atoms with van der Waals surface area (Å²) in [5, 5.41) is 6.34. The number of ether oxygens (including phenoxy) is 1. The van der Waals surface area contributed by atoms with Gasteiger partial charge in [-0.15, -0.1) is 0 Å². The summed E-state index contributed by atoms with van der Waals surface area (Å²) in [4.78, 5) is 11.9. The lowest BCUT2D eigenvalue weighted by Gasteiger charge is -2.20. The van der Waals surface area contributed by atoms with Crippen LogP contribution in [-0.4, -0.2) is 24.2 Å². The molecule has 0 aromatic heterocycles. The van der Waals surface area contributed by atoms with Crippen molar-refractivity contribution in [3.63, 3.8) is 0 Å². The van der Waals surface area contributed by atoms with E-state index in [4.69, 9.17) is 17.0 Å². The molecule has 2 rings (SSSR count). The van der Waals surface area contributed by atoms with Crippen LogP contribution in [-0.2, 0) is 9.53 Å². The molecule has 1 aromatic carbocycles.